The van der Waals surface area contributed by atoms with Crippen molar-refractivity contribution in [2.24, 2.45) is 13.0 Å². The second-order valence-corrected chi connectivity index (χ2v) is 8.46. The van der Waals surface area contributed by atoms with Crippen LogP contribution in [0.1, 0.15) is 54.9 Å². The van der Waals surface area contributed by atoms with E-state index in [4.69, 9.17) is 0 Å². The van der Waals surface area contributed by atoms with E-state index in [-0.39, 0.29) is 17.7 Å². The Balaban J connectivity index is 1.56. The molecule has 170 valence electrons. The lowest BCUT2D eigenvalue weighted by Gasteiger charge is -2.31. The number of aromatic nitrogens is 3. The summed E-state index contributed by atoms with van der Waals surface area (Å²) in [6.07, 6.45) is 2.37. The van der Waals surface area contributed by atoms with Gasteiger partial charge in [0.25, 0.3) is 5.91 Å². The Labute approximate surface area is 185 Å². The topological polar surface area (TPSA) is 83.4 Å². The Hall–Kier alpha value is -2.48. The standard InChI is InChI=1S/C23H36N6O2/c1-6-28(7-2)12-8-11-24-22(30)18-9-13-29(14-10-18)23(31)19-15-16(3)25-21-20(19)17(4)26-27(21)5/h15,18H,6-14H2,1-5H3,(H,24,30). The zero-order valence-electron chi connectivity index (χ0n) is 19.6. The summed E-state index contributed by atoms with van der Waals surface area (Å²) in [5.74, 6) is 0.110. The van der Waals surface area contributed by atoms with Crippen LogP contribution in [0.15, 0.2) is 6.07 Å². The fourth-order valence-corrected chi connectivity index (χ4v) is 4.45. The molecule has 0 saturated carbocycles. The second kappa shape index (κ2) is 10.2. The number of likely N-dealkylation sites (tertiary alicyclic amines) is 1. The zero-order chi connectivity index (χ0) is 22.5. The van der Waals surface area contributed by atoms with Crippen molar-refractivity contribution in [2.75, 3.05) is 39.3 Å². The van der Waals surface area contributed by atoms with Crippen LogP contribution < -0.4 is 5.32 Å². The van der Waals surface area contributed by atoms with E-state index in [0.717, 1.165) is 48.5 Å². The fraction of sp³-hybridized carbons (Fsp3) is 0.652. The number of nitrogens with zero attached hydrogens (tertiary/aromatic N) is 5. The third kappa shape index (κ3) is 5.23. The van der Waals surface area contributed by atoms with E-state index >= 15 is 0 Å². The minimum absolute atomic E-state index is 0.00433. The van der Waals surface area contributed by atoms with Crippen molar-refractivity contribution in [1.82, 2.24) is 29.9 Å². The van der Waals surface area contributed by atoms with E-state index in [9.17, 15) is 9.59 Å². The number of pyridine rings is 1. The maximum atomic E-state index is 13.3. The van der Waals surface area contributed by atoms with Crippen molar-refractivity contribution in [3.05, 3.63) is 23.0 Å². The summed E-state index contributed by atoms with van der Waals surface area (Å²) < 4.78 is 1.73. The molecule has 2 aromatic heterocycles. The highest BCUT2D eigenvalue weighted by Crippen LogP contribution is 2.25. The average molecular weight is 429 g/mol. The van der Waals surface area contributed by atoms with Gasteiger partial charge in [-0.05, 0) is 58.8 Å². The number of hydrogen-bond acceptors (Lipinski definition) is 5. The fourth-order valence-electron chi connectivity index (χ4n) is 4.45. The normalized spacial score (nSPS) is 15.1. The zero-order valence-corrected chi connectivity index (χ0v) is 19.6. The van der Waals surface area contributed by atoms with Crippen molar-refractivity contribution in [2.45, 2.75) is 47.0 Å². The minimum Gasteiger partial charge on any atom is -0.356 e. The van der Waals surface area contributed by atoms with E-state index in [0.29, 0.717) is 38.0 Å². The number of amides is 2. The number of aryl methyl sites for hydroxylation is 3. The molecule has 2 aromatic rings. The van der Waals surface area contributed by atoms with Gasteiger partial charge in [0.15, 0.2) is 5.65 Å². The van der Waals surface area contributed by atoms with Gasteiger partial charge in [-0.25, -0.2) is 4.98 Å². The summed E-state index contributed by atoms with van der Waals surface area (Å²) in [5.41, 5.74) is 3.01. The molecule has 1 aliphatic rings. The lowest BCUT2D eigenvalue weighted by Crippen LogP contribution is -2.43. The third-order valence-corrected chi connectivity index (χ3v) is 6.32. The molecule has 8 heteroatoms. The summed E-state index contributed by atoms with van der Waals surface area (Å²) in [7, 11) is 1.85. The Bertz CT molecular complexity index is 926. The van der Waals surface area contributed by atoms with Crippen molar-refractivity contribution in [3.8, 4) is 0 Å². The van der Waals surface area contributed by atoms with Gasteiger partial charge in [-0.3, -0.25) is 14.3 Å². The SMILES string of the molecule is CCN(CC)CCCNC(=O)C1CCN(C(=O)c2cc(C)nc3c2c(C)nn3C)CC1. The molecule has 0 aromatic carbocycles. The lowest BCUT2D eigenvalue weighted by atomic mass is 9.95. The summed E-state index contributed by atoms with van der Waals surface area (Å²) >= 11 is 0. The monoisotopic (exact) mass is 428 g/mol. The van der Waals surface area contributed by atoms with E-state index in [2.05, 4.69) is 34.1 Å². The molecular weight excluding hydrogens is 392 g/mol. The van der Waals surface area contributed by atoms with Crippen LogP contribution in [0.25, 0.3) is 11.0 Å². The molecule has 0 aliphatic carbocycles. The molecule has 3 rings (SSSR count). The molecule has 31 heavy (non-hydrogen) atoms. The molecule has 0 spiro atoms. The Morgan fingerprint density at radius 2 is 1.87 bits per heavy atom. The average Bonchev–Trinajstić information content (AvgIpc) is 3.06. The molecule has 0 atom stereocenters. The van der Waals surface area contributed by atoms with Gasteiger partial charge in [0.2, 0.25) is 5.91 Å². The maximum absolute atomic E-state index is 13.3. The second-order valence-electron chi connectivity index (χ2n) is 8.46. The lowest BCUT2D eigenvalue weighted by molar-refractivity contribution is -0.126. The van der Waals surface area contributed by atoms with E-state index in [1.54, 1.807) is 4.68 Å². The highest BCUT2D eigenvalue weighted by atomic mass is 16.2. The highest BCUT2D eigenvalue weighted by Gasteiger charge is 2.29. The molecule has 0 unspecified atom stereocenters. The predicted octanol–water partition coefficient (Wildman–Crippen LogP) is 2.29. The molecule has 1 aliphatic heterocycles. The van der Waals surface area contributed by atoms with Crippen molar-refractivity contribution >= 4 is 22.8 Å². The van der Waals surface area contributed by atoms with Gasteiger partial charge in [0.1, 0.15) is 0 Å². The number of carbonyl (C=O) groups excluding carboxylic acids is 2. The Morgan fingerprint density at radius 3 is 2.52 bits per heavy atom. The van der Waals surface area contributed by atoms with Crippen molar-refractivity contribution < 1.29 is 9.59 Å². The molecule has 1 saturated heterocycles. The molecule has 3 heterocycles. The predicted molar refractivity (Wildman–Crippen MR) is 122 cm³/mol. The first-order chi connectivity index (χ1) is 14.8. The van der Waals surface area contributed by atoms with Crippen LogP contribution >= 0.6 is 0 Å². The molecular formula is C23H36N6O2. The molecule has 1 N–H and O–H groups in total. The smallest absolute Gasteiger partial charge is 0.254 e. The Morgan fingerprint density at radius 1 is 1.19 bits per heavy atom. The first-order valence-electron chi connectivity index (χ1n) is 11.5. The van der Waals surface area contributed by atoms with Crippen LogP contribution in [0, 0.1) is 19.8 Å². The van der Waals surface area contributed by atoms with E-state index in [1.165, 1.54) is 0 Å². The summed E-state index contributed by atoms with van der Waals surface area (Å²) in [4.78, 5) is 34.6. The van der Waals surface area contributed by atoms with Crippen molar-refractivity contribution in [1.29, 1.82) is 0 Å². The van der Waals surface area contributed by atoms with Crippen LogP contribution in [0.5, 0.6) is 0 Å². The number of rotatable bonds is 8. The van der Waals surface area contributed by atoms with E-state index < -0.39 is 0 Å². The van der Waals surface area contributed by atoms with Crippen LogP contribution in [0.4, 0.5) is 0 Å². The van der Waals surface area contributed by atoms with Gasteiger partial charge in [0.05, 0.1) is 16.6 Å². The van der Waals surface area contributed by atoms with Gasteiger partial charge in [-0.15, -0.1) is 0 Å². The van der Waals surface area contributed by atoms with Gasteiger partial charge < -0.3 is 15.1 Å². The molecule has 1 fully saturated rings. The van der Waals surface area contributed by atoms with E-state index in [1.807, 2.05) is 31.9 Å². The number of carbonyl (C=O) groups is 2. The number of hydrogen-bond donors (Lipinski definition) is 1. The number of piperidine rings is 1. The van der Waals surface area contributed by atoms with Crippen LogP contribution in [0.2, 0.25) is 0 Å². The first-order valence-corrected chi connectivity index (χ1v) is 11.5. The number of fused-ring (bicyclic) bond motifs is 1. The molecule has 0 bridgehead atoms. The maximum Gasteiger partial charge on any atom is 0.254 e. The third-order valence-electron chi connectivity index (χ3n) is 6.32. The molecule has 8 nitrogen and oxygen atoms in total. The van der Waals surface area contributed by atoms with Gasteiger partial charge >= 0.3 is 0 Å². The highest BCUT2D eigenvalue weighted by molar-refractivity contribution is 6.06. The largest absolute Gasteiger partial charge is 0.356 e. The molecule has 0 radical (unpaired) electrons. The number of nitrogens with one attached hydrogen (secondary N) is 1. The van der Waals surface area contributed by atoms with Gasteiger partial charge in [-0.2, -0.15) is 5.10 Å². The minimum atomic E-state index is -0.0168. The van der Waals surface area contributed by atoms with Crippen LogP contribution in [-0.2, 0) is 11.8 Å². The van der Waals surface area contributed by atoms with Crippen molar-refractivity contribution in [3.63, 3.8) is 0 Å². The summed E-state index contributed by atoms with van der Waals surface area (Å²) in [5, 5.41) is 8.35. The summed E-state index contributed by atoms with van der Waals surface area (Å²) in [6, 6.07) is 1.86. The van der Waals surface area contributed by atoms with Gasteiger partial charge in [-0.1, -0.05) is 13.8 Å². The first kappa shape index (κ1) is 23.2. The summed E-state index contributed by atoms with van der Waals surface area (Å²) in [6.45, 7) is 13.1. The molecule has 2 amide bonds. The van der Waals surface area contributed by atoms with Crippen LogP contribution in [-0.4, -0.2) is 75.6 Å². The quantitative estimate of drug-likeness (QED) is 0.652. The van der Waals surface area contributed by atoms with Gasteiger partial charge in [0, 0.05) is 38.3 Å². The van der Waals surface area contributed by atoms with Crippen LogP contribution in [0.3, 0.4) is 0 Å². The Kier molecular flexibility index (Phi) is 7.64.